The summed E-state index contributed by atoms with van der Waals surface area (Å²) in [4.78, 5) is 2.21. The fraction of sp³-hybridized carbons (Fsp3) is 1.00. The zero-order chi connectivity index (χ0) is 22.3. The summed E-state index contributed by atoms with van der Waals surface area (Å²) < 4.78 is 26.9. The highest BCUT2D eigenvalue weighted by Gasteiger charge is 2.08. The first kappa shape index (κ1) is 29.9. The van der Waals surface area contributed by atoms with E-state index >= 15 is 0 Å². The third kappa shape index (κ3) is 24.1. The molecule has 0 atom stereocenters. The van der Waals surface area contributed by atoms with Crippen molar-refractivity contribution in [3.8, 4) is 0 Å². The van der Waals surface area contributed by atoms with Gasteiger partial charge in [-0.3, -0.25) is 0 Å². The van der Waals surface area contributed by atoms with Crippen molar-refractivity contribution in [2.45, 2.75) is 129 Å². The van der Waals surface area contributed by atoms with Crippen LogP contribution in [0.4, 0.5) is 0 Å². The van der Waals surface area contributed by atoms with Crippen LogP contribution in [-0.4, -0.2) is 46.3 Å². The van der Waals surface area contributed by atoms with Gasteiger partial charge in [-0.05, 0) is 39.9 Å². The summed E-state index contributed by atoms with van der Waals surface area (Å²) in [5.74, 6) is 0.299. The molecule has 0 amide bonds. The standard InChI is InChI=1S/C25H54N2O2S/c1-4-5-6-7-8-9-10-11-12-13-14-15-19-22-25-30(28,29)26-23-20-17-16-18-21-24-27(2)3/h26H,4-25H2,1-3H3. The van der Waals surface area contributed by atoms with Crippen LogP contribution in [0.1, 0.15) is 129 Å². The highest BCUT2D eigenvalue weighted by Crippen LogP contribution is 2.13. The van der Waals surface area contributed by atoms with Gasteiger partial charge >= 0.3 is 0 Å². The van der Waals surface area contributed by atoms with E-state index in [0.29, 0.717) is 12.3 Å². The van der Waals surface area contributed by atoms with E-state index in [9.17, 15) is 8.42 Å². The highest BCUT2D eigenvalue weighted by molar-refractivity contribution is 7.89. The van der Waals surface area contributed by atoms with E-state index in [-0.39, 0.29) is 0 Å². The predicted molar refractivity (Wildman–Crippen MR) is 134 cm³/mol. The summed E-state index contributed by atoms with van der Waals surface area (Å²) in [6, 6.07) is 0. The molecular formula is C25H54N2O2S. The van der Waals surface area contributed by atoms with Crippen LogP contribution in [0.2, 0.25) is 0 Å². The molecule has 0 radical (unpaired) electrons. The molecule has 0 aliphatic heterocycles. The van der Waals surface area contributed by atoms with Crippen molar-refractivity contribution in [1.82, 2.24) is 9.62 Å². The van der Waals surface area contributed by atoms with Crippen LogP contribution in [-0.2, 0) is 10.0 Å². The van der Waals surface area contributed by atoms with Gasteiger partial charge in [0, 0.05) is 6.54 Å². The highest BCUT2D eigenvalue weighted by atomic mass is 32.2. The lowest BCUT2D eigenvalue weighted by Gasteiger charge is -2.09. The van der Waals surface area contributed by atoms with Gasteiger partial charge in [-0.1, -0.05) is 110 Å². The lowest BCUT2D eigenvalue weighted by Crippen LogP contribution is -2.27. The summed E-state index contributed by atoms with van der Waals surface area (Å²) in [7, 11) is 1.14. The van der Waals surface area contributed by atoms with Gasteiger partial charge in [-0.25, -0.2) is 13.1 Å². The van der Waals surface area contributed by atoms with Crippen molar-refractivity contribution in [3.63, 3.8) is 0 Å². The number of rotatable bonds is 24. The van der Waals surface area contributed by atoms with Crippen LogP contribution in [0.3, 0.4) is 0 Å². The SMILES string of the molecule is CCCCCCCCCCCCCCCCS(=O)(=O)NCCCCCCCN(C)C. The fourth-order valence-electron chi connectivity index (χ4n) is 3.87. The van der Waals surface area contributed by atoms with Crippen molar-refractivity contribution < 1.29 is 8.42 Å². The van der Waals surface area contributed by atoms with Crippen molar-refractivity contribution in [2.75, 3.05) is 32.9 Å². The van der Waals surface area contributed by atoms with Gasteiger partial charge in [0.25, 0.3) is 0 Å². The smallest absolute Gasteiger partial charge is 0.211 e. The first-order valence-corrected chi connectivity index (χ1v) is 14.7. The molecule has 5 heteroatoms. The second kappa shape index (κ2) is 22.1. The minimum atomic E-state index is -3.06. The first-order chi connectivity index (χ1) is 14.5. The van der Waals surface area contributed by atoms with Crippen LogP contribution < -0.4 is 4.72 Å². The molecule has 1 N–H and O–H groups in total. The topological polar surface area (TPSA) is 49.4 Å². The average molecular weight is 447 g/mol. The van der Waals surface area contributed by atoms with E-state index in [4.69, 9.17) is 0 Å². The quantitative estimate of drug-likeness (QED) is 0.164. The lowest BCUT2D eigenvalue weighted by atomic mass is 10.0. The van der Waals surface area contributed by atoms with Gasteiger partial charge in [0.05, 0.1) is 5.75 Å². The van der Waals surface area contributed by atoms with Crippen LogP contribution in [0.5, 0.6) is 0 Å². The number of unbranched alkanes of at least 4 members (excludes halogenated alkanes) is 17. The third-order valence-corrected chi connectivity index (χ3v) is 7.34. The number of hydrogen-bond donors (Lipinski definition) is 1. The minimum absolute atomic E-state index is 0.299. The summed E-state index contributed by atoms with van der Waals surface area (Å²) in [5.41, 5.74) is 0. The Kier molecular flexibility index (Phi) is 22.0. The maximum atomic E-state index is 12.0. The normalized spacial score (nSPS) is 12.1. The Balaban J connectivity index is 3.32. The van der Waals surface area contributed by atoms with Crippen molar-refractivity contribution in [2.24, 2.45) is 0 Å². The molecule has 0 aliphatic carbocycles. The maximum absolute atomic E-state index is 12.0. The Hall–Kier alpha value is -0.130. The summed E-state index contributed by atoms with van der Waals surface area (Å²) in [5, 5.41) is 0. The van der Waals surface area contributed by atoms with Gasteiger partial charge in [-0.15, -0.1) is 0 Å². The second-order valence-corrected chi connectivity index (χ2v) is 11.3. The van der Waals surface area contributed by atoms with E-state index in [1.165, 1.54) is 96.3 Å². The summed E-state index contributed by atoms with van der Waals surface area (Å²) >= 11 is 0. The molecule has 0 aliphatic rings. The molecule has 0 aromatic rings. The zero-order valence-corrected chi connectivity index (χ0v) is 21.5. The summed E-state index contributed by atoms with van der Waals surface area (Å²) in [6.07, 6.45) is 23.9. The van der Waals surface area contributed by atoms with Gasteiger partial charge in [0.1, 0.15) is 0 Å². The Morgan fingerprint density at radius 2 is 0.967 bits per heavy atom. The van der Waals surface area contributed by atoms with Gasteiger partial charge in [0.15, 0.2) is 0 Å². The minimum Gasteiger partial charge on any atom is -0.309 e. The molecule has 0 saturated heterocycles. The molecule has 0 fully saturated rings. The van der Waals surface area contributed by atoms with Crippen LogP contribution in [0.15, 0.2) is 0 Å². The molecule has 0 bridgehead atoms. The van der Waals surface area contributed by atoms with E-state index in [2.05, 4.69) is 30.6 Å². The Morgan fingerprint density at radius 3 is 1.43 bits per heavy atom. The molecule has 30 heavy (non-hydrogen) atoms. The Morgan fingerprint density at radius 1 is 0.567 bits per heavy atom. The monoisotopic (exact) mass is 446 g/mol. The average Bonchev–Trinajstić information content (AvgIpc) is 2.70. The molecule has 0 unspecified atom stereocenters. The molecule has 0 saturated carbocycles. The Labute approximate surface area is 190 Å². The van der Waals surface area contributed by atoms with Gasteiger partial charge < -0.3 is 4.90 Å². The zero-order valence-electron chi connectivity index (χ0n) is 20.7. The van der Waals surface area contributed by atoms with E-state index < -0.39 is 10.0 Å². The number of nitrogens with one attached hydrogen (secondary N) is 1. The predicted octanol–water partition coefficient (Wildman–Crippen LogP) is 6.90. The van der Waals surface area contributed by atoms with E-state index in [0.717, 1.165) is 32.2 Å². The largest absolute Gasteiger partial charge is 0.309 e. The van der Waals surface area contributed by atoms with Crippen LogP contribution >= 0.6 is 0 Å². The molecular weight excluding hydrogens is 392 g/mol. The lowest BCUT2D eigenvalue weighted by molar-refractivity contribution is 0.389. The van der Waals surface area contributed by atoms with E-state index in [1.54, 1.807) is 0 Å². The molecule has 0 aromatic heterocycles. The fourth-order valence-corrected chi connectivity index (χ4v) is 5.05. The number of hydrogen-bond acceptors (Lipinski definition) is 3. The number of sulfonamides is 1. The number of nitrogens with zero attached hydrogens (tertiary/aromatic N) is 1. The Bertz CT molecular complexity index is 438. The van der Waals surface area contributed by atoms with E-state index in [1.807, 2.05) is 0 Å². The molecule has 0 aromatic carbocycles. The molecule has 0 heterocycles. The summed E-state index contributed by atoms with van der Waals surface area (Å²) in [6.45, 7) is 4.02. The van der Waals surface area contributed by atoms with Crippen molar-refractivity contribution in [3.05, 3.63) is 0 Å². The van der Waals surface area contributed by atoms with Crippen LogP contribution in [0.25, 0.3) is 0 Å². The van der Waals surface area contributed by atoms with Gasteiger partial charge in [0.2, 0.25) is 10.0 Å². The molecule has 0 rings (SSSR count). The first-order valence-electron chi connectivity index (χ1n) is 13.1. The van der Waals surface area contributed by atoms with Crippen molar-refractivity contribution in [1.29, 1.82) is 0 Å². The van der Waals surface area contributed by atoms with Crippen LogP contribution in [0, 0.1) is 0 Å². The second-order valence-electron chi connectivity index (χ2n) is 9.38. The third-order valence-electron chi connectivity index (χ3n) is 5.87. The maximum Gasteiger partial charge on any atom is 0.211 e. The molecule has 4 nitrogen and oxygen atoms in total. The van der Waals surface area contributed by atoms with Crippen molar-refractivity contribution >= 4 is 10.0 Å². The molecule has 182 valence electrons. The molecule has 0 spiro atoms. The van der Waals surface area contributed by atoms with Gasteiger partial charge in [-0.2, -0.15) is 0 Å².